The summed E-state index contributed by atoms with van der Waals surface area (Å²) in [5, 5.41) is 2.88. The predicted octanol–water partition coefficient (Wildman–Crippen LogP) is 4.96. The molecule has 1 saturated heterocycles. The zero-order valence-corrected chi connectivity index (χ0v) is 22.9. The number of hydrogen-bond acceptors (Lipinski definition) is 6. The number of methoxy groups -OCH3 is 2. The summed E-state index contributed by atoms with van der Waals surface area (Å²) in [5.41, 5.74) is 2.52. The van der Waals surface area contributed by atoms with Gasteiger partial charge in [-0.1, -0.05) is 0 Å². The molecule has 2 heterocycles. The van der Waals surface area contributed by atoms with E-state index in [2.05, 4.69) is 5.32 Å². The highest BCUT2D eigenvalue weighted by Crippen LogP contribution is 2.27. The van der Waals surface area contributed by atoms with Gasteiger partial charge in [0, 0.05) is 36.2 Å². The van der Waals surface area contributed by atoms with Crippen LogP contribution in [0, 0.1) is 5.82 Å². The smallest absolute Gasteiger partial charge is 0.254 e. The number of carbonyl (C=O) groups is 2. The van der Waals surface area contributed by atoms with E-state index in [1.54, 1.807) is 18.8 Å². The van der Waals surface area contributed by atoms with Crippen molar-refractivity contribution in [2.45, 2.75) is 18.9 Å². The minimum absolute atomic E-state index is 0.171. The van der Waals surface area contributed by atoms with Crippen LogP contribution in [0.5, 0.6) is 11.5 Å². The molecule has 0 aliphatic carbocycles. The van der Waals surface area contributed by atoms with E-state index in [1.807, 2.05) is 54.7 Å². The van der Waals surface area contributed by atoms with Crippen LogP contribution in [-0.2, 0) is 9.53 Å². The van der Waals surface area contributed by atoms with E-state index in [4.69, 9.17) is 19.2 Å². The number of aromatic nitrogens is 2. The standard InChI is InChI=1S/C31H31FN4O5/c1-39-25-13-7-21(8-14-25)28-19-36(24-11-15-26(40-2)16-12-24)31(33-28)34-29(37)20-35(18-27-4-3-17-41-27)30(38)22-5-9-23(32)10-6-22/h5-16,19,27H,3-4,17-18,20H2,1-2H3,(H,33,34,37)/t27-/m1/s1. The molecular formula is C31H31FN4O5. The van der Waals surface area contributed by atoms with Crippen molar-refractivity contribution in [3.8, 4) is 28.4 Å². The first kappa shape index (κ1) is 27.9. The van der Waals surface area contributed by atoms with Crippen molar-refractivity contribution in [1.29, 1.82) is 0 Å². The quantitative estimate of drug-likeness (QED) is 0.296. The van der Waals surface area contributed by atoms with Crippen LogP contribution >= 0.6 is 0 Å². The van der Waals surface area contributed by atoms with E-state index in [9.17, 15) is 14.0 Å². The second-order valence-electron chi connectivity index (χ2n) is 9.62. The molecule has 9 nitrogen and oxygen atoms in total. The predicted molar refractivity (Wildman–Crippen MR) is 152 cm³/mol. The van der Waals surface area contributed by atoms with E-state index in [-0.39, 0.29) is 31.0 Å². The minimum Gasteiger partial charge on any atom is -0.497 e. The molecule has 1 aromatic heterocycles. The Morgan fingerprint density at radius 1 is 1.00 bits per heavy atom. The number of halogens is 1. The molecular weight excluding hydrogens is 527 g/mol. The Balaban J connectivity index is 1.41. The molecule has 1 aliphatic rings. The Hall–Kier alpha value is -4.70. The minimum atomic E-state index is -0.442. The lowest BCUT2D eigenvalue weighted by atomic mass is 10.1. The summed E-state index contributed by atoms with van der Waals surface area (Å²) >= 11 is 0. The van der Waals surface area contributed by atoms with Crippen LogP contribution in [0.4, 0.5) is 10.3 Å². The third-order valence-corrected chi connectivity index (χ3v) is 6.85. The largest absolute Gasteiger partial charge is 0.497 e. The fourth-order valence-corrected chi connectivity index (χ4v) is 4.67. The maximum Gasteiger partial charge on any atom is 0.254 e. The molecule has 10 heteroatoms. The van der Waals surface area contributed by atoms with Crippen molar-refractivity contribution in [2.75, 3.05) is 39.2 Å². The second kappa shape index (κ2) is 12.6. The normalized spacial score (nSPS) is 14.5. The van der Waals surface area contributed by atoms with Crippen LogP contribution in [0.15, 0.2) is 79.0 Å². The number of rotatable bonds is 10. The van der Waals surface area contributed by atoms with Crippen molar-refractivity contribution in [3.05, 3.63) is 90.4 Å². The van der Waals surface area contributed by atoms with E-state index < -0.39 is 11.7 Å². The topological polar surface area (TPSA) is 94.9 Å². The van der Waals surface area contributed by atoms with Crippen molar-refractivity contribution in [1.82, 2.24) is 14.5 Å². The van der Waals surface area contributed by atoms with Crippen molar-refractivity contribution in [3.63, 3.8) is 0 Å². The van der Waals surface area contributed by atoms with Gasteiger partial charge in [0.25, 0.3) is 5.91 Å². The van der Waals surface area contributed by atoms with Gasteiger partial charge in [0.15, 0.2) is 0 Å². The van der Waals surface area contributed by atoms with E-state index >= 15 is 0 Å². The molecule has 1 N–H and O–H groups in total. The summed E-state index contributed by atoms with van der Waals surface area (Å²) in [7, 11) is 3.19. The molecule has 4 aromatic rings. The summed E-state index contributed by atoms with van der Waals surface area (Å²) in [6.07, 6.45) is 3.34. The SMILES string of the molecule is COc1ccc(-c2cn(-c3ccc(OC)cc3)c(NC(=O)CN(C[C@H]3CCCO3)C(=O)c3ccc(F)cc3)n2)cc1. The maximum atomic E-state index is 13.5. The van der Waals surface area contributed by atoms with Gasteiger partial charge < -0.3 is 19.1 Å². The van der Waals surface area contributed by atoms with E-state index in [0.717, 1.165) is 24.1 Å². The zero-order valence-electron chi connectivity index (χ0n) is 22.9. The molecule has 3 aromatic carbocycles. The van der Waals surface area contributed by atoms with Crippen molar-refractivity contribution < 1.29 is 28.2 Å². The van der Waals surface area contributed by atoms with Gasteiger partial charge in [-0.05, 0) is 85.6 Å². The van der Waals surface area contributed by atoms with Gasteiger partial charge in [-0.15, -0.1) is 0 Å². The van der Waals surface area contributed by atoms with Crippen LogP contribution < -0.4 is 14.8 Å². The van der Waals surface area contributed by atoms with Crippen LogP contribution in [0.3, 0.4) is 0 Å². The fourth-order valence-electron chi connectivity index (χ4n) is 4.67. The van der Waals surface area contributed by atoms with E-state index in [1.165, 1.54) is 29.2 Å². The number of nitrogens with zero attached hydrogens (tertiary/aromatic N) is 3. The average molecular weight is 559 g/mol. The van der Waals surface area contributed by atoms with Gasteiger partial charge in [-0.2, -0.15) is 0 Å². The molecule has 0 spiro atoms. The number of carbonyl (C=O) groups excluding carboxylic acids is 2. The molecule has 5 rings (SSSR count). The number of hydrogen-bond donors (Lipinski definition) is 1. The third-order valence-electron chi connectivity index (χ3n) is 6.85. The molecule has 2 amide bonds. The summed E-state index contributed by atoms with van der Waals surface area (Å²) in [6.45, 7) is 0.625. The first-order chi connectivity index (χ1) is 19.9. The number of nitrogens with one attached hydrogen (secondary N) is 1. The van der Waals surface area contributed by atoms with Crippen LogP contribution in [0.2, 0.25) is 0 Å². The van der Waals surface area contributed by atoms with Gasteiger partial charge in [0.05, 0.1) is 26.0 Å². The number of imidazole rings is 1. The number of ether oxygens (including phenoxy) is 3. The van der Waals surface area contributed by atoms with Crippen LogP contribution in [0.25, 0.3) is 16.9 Å². The van der Waals surface area contributed by atoms with E-state index in [0.29, 0.717) is 29.4 Å². The van der Waals surface area contributed by atoms with Crippen molar-refractivity contribution in [2.24, 2.45) is 0 Å². The summed E-state index contributed by atoms with van der Waals surface area (Å²) in [5.74, 6) is 0.446. The lowest BCUT2D eigenvalue weighted by Crippen LogP contribution is -2.42. The molecule has 0 bridgehead atoms. The zero-order chi connectivity index (χ0) is 28.8. The molecule has 0 unspecified atom stereocenters. The molecule has 1 aliphatic heterocycles. The molecule has 0 saturated carbocycles. The average Bonchev–Trinajstić information content (AvgIpc) is 3.67. The Kier molecular flexibility index (Phi) is 8.59. The Labute approximate surface area is 237 Å². The number of amides is 2. The van der Waals surface area contributed by atoms with Gasteiger partial charge >= 0.3 is 0 Å². The Morgan fingerprint density at radius 2 is 1.66 bits per heavy atom. The van der Waals surface area contributed by atoms with Gasteiger partial charge in [0.1, 0.15) is 23.9 Å². The third kappa shape index (κ3) is 6.72. The highest BCUT2D eigenvalue weighted by molar-refractivity contribution is 5.99. The first-order valence-corrected chi connectivity index (χ1v) is 13.3. The van der Waals surface area contributed by atoms with Gasteiger partial charge in [0.2, 0.25) is 11.9 Å². The number of anilines is 1. The monoisotopic (exact) mass is 558 g/mol. The Bertz CT molecular complexity index is 1480. The summed E-state index contributed by atoms with van der Waals surface area (Å²) in [6, 6.07) is 20.1. The molecule has 1 atom stereocenters. The lowest BCUT2D eigenvalue weighted by molar-refractivity contribution is -0.117. The molecule has 212 valence electrons. The lowest BCUT2D eigenvalue weighted by Gasteiger charge is -2.25. The van der Waals surface area contributed by atoms with Crippen molar-refractivity contribution >= 4 is 17.8 Å². The first-order valence-electron chi connectivity index (χ1n) is 13.3. The molecule has 1 fully saturated rings. The number of benzene rings is 3. The van der Waals surface area contributed by atoms with Gasteiger partial charge in [-0.25, -0.2) is 9.37 Å². The second-order valence-corrected chi connectivity index (χ2v) is 9.62. The molecule has 0 radical (unpaired) electrons. The highest BCUT2D eigenvalue weighted by atomic mass is 19.1. The fraction of sp³-hybridized carbons (Fsp3) is 0.258. The highest BCUT2D eigenvalue weighted by Gasteiger charge is 2.26. The molecule has 41 heavy (non-hydrogen) atoms. The Morgan fingerprint density at radius 3 is 2.27 bits per heavy atom. The summed E-state index contributed by atoms with van der Waals surface area (Å²) < 4.78 is 31.5. The van der Waals surface area contributed by atoms with Crippen LogP contribution in [-0.4, -0.2) is 66.3 Å². The maximum absolute atomic E-state index is 13.5. The van der Waals surface area contributed by atoms with Crippen LogP contribution in [0.1, 0.15) is 23.2 Å². The summed E-state index contributed by atoms with van der Waals surface area (Å²) in [4.78, 5) is 32.9. The van der Waals surface area contributed by atoms with Gasteiger partial charge in [-0.3, -0.25) is 19.5 Å².